The van der Waals surface area contributed by atoms with Gasteiger partial charge in [0.1, 0.15) is 5.82 Å². The van der Waals surface area contributed by atoms with Crippen LogP contribution < -0.4 is 9.62 Å². The first-order valence-electron chi connectivity index (χ1n) is 6.76. The van der Waals surface area contributed by atoms with Gasteiger partial charge in [-0.25, -0.2) is 17.2 Å². The number of fused-ring (bicyclic) bond motifs is 1. The van der Waals surface area contributed by atoms with Crippen LogP contribution in [0.1, 0.15) is 5.56 Å². The number of carbonyl (C=O) groups is 1. The van der Waals surface area contributed by atoms with Gasteiger partial charge in [0.2, 0.25) is 5.91 Å². The second-order valence-electron chi connectivity index (χ2n) is 5.27. The maximum atomic E-state index is 13.8. The lowest BCUT2D eigenvalue weighted by atomic mass is 10.2. The molecule has 0 atom stereocenters. The number of benzene rings is 2. The van der Waals surface area contributed by atoms with Gasteiger partial charge in [0.05, 0.1) is 17.0 Å². The number of rotatable bonds is 3. The van der Waals surface area contributed by atoms with Gasteiger partial charge in [-0.05, 0) is 45.8 Å². The van der Waals surface area contributed by atoms with Crippen LogP contribution in [0.4, 0.5) is 20.2 Å². The molecule has 3 rings (SSSR count). The minimum Gasteiger partial charge on any atom is -0.315 e. The highest BCUT2D eigenvalue weighted by atomic mass is 79.9. The summed E-state index contributed by atoms with van der Waals surface area (Å²) in [5, 5.41) is 0. The summed E-state index contributed by atoms with van der Waals surface area (Å²) in [6, 6.07) is 5.75. The molecule has 0 unspecified atom stereocenters. The van der Waals surface area contributed by atoms with Crippen molar-refractivity contribution in [3.05, 3.63) is 52.0 Å². The average Bonchev–Trinajstić information content (AvgIpc) is 2.77. The summed E-state index contributed by atoms with van der Waals surface area (Å²) in [6.07, 6.45) is 0.101. The molecule has 0 saturated heterocycles. The van der Waals surface area contributed by atoms with Crippen LogP contribution >= 0.6 is 15.9 Å². The molecule has 126 valence electrons. The largest absolute Gasteiger partial charge is 0.315 e. The van der Waals surface area contributed by atoms with E-state index in [1.165, 1.54) is 23.1 Å². The molecule has 1 aliphatic heterocycles. The van der Waals surface area contributed by atoms with Gasteiger partial charge in [-0.15, -0.1) is 0 Å². The summed E-state index contributed by atoms with van der Waals surface area (Å²) in [4.78, 5) is 13.0. The number of anilines is 2. The monoisotopic (exact) mass is 416 g/mol. The first-order chi connectivity index (χ1) is 11.2. The SMILES string of the molecule is CN1C(=O)Cc2cc(S(=O)(=O)Nc3c(F)cc(F)cc3Br)ccc21. The maximum Gasteiger partial charge on any atom is 0.262 e. The minimum atomic E-state index is -4.10. The quantitative estimate of drug-likeness (QED) is 0.835. The normalized spacial score (nSPS) is 14.0. The number of nitrogens with zero attached hydrogens (tertiary/aromatic N) is 1. The molecule has 1 aliphatic rings. The summed E-state index contributed by atoms with van der Waals surface area (Å²) < 4.78 is 53.9. The van der Waals surface area contributed by atoms with Crippen molar-refractivity contribution in [2.75, 3.05) is 16.7 Å². The lowest BCUT2D eigenvalue weighted by Gasteiger charge is -2.13. The Kier molecular flexibility index (Phi) is 4.08. The number of nitrogens with one attached hydrogen (secondary N) is 1. The molecule has 24 heavy (non-hydrogen) atoms. The molecular formula is C15H11BrF2N2O3S. The predicted molar refractivity (Wildman–Crippen MR) is 88.4 cm³/mol. The van der Waals surface area contributed by atoms with E-state index in [0.29, 0.717) is 17.3 Å². The third-order valence-electron chi connectivity index (χ3n) is 3.68. The maximum absolute atomic E-state index is 13.8. The second-order valence-corrected chi connectivity index (χ2v) is 7.81. The Bertz CT molecular complexity index is 940. The molecule has 0 spiro atoms. The van der Waals surface area contributed by atoms with Crippen LogP contribution in [0.5, 0.6) is 0 Å². The Morgan fingerprint density at radius 1 is 1.21 bits per heavy atom. The molecule has 2 aromatic carbocycles. The summed E-state index contributed by atoms with van der Waals surface area (Å²) in [5.74, 6) is -2.01. The van der Waals surface area contributed by atoms with E-state index in [1.807, 2.05) is 0 Å². The first-order valence-corrected chi connectivity index (χ1v) is 9.03. The number of hydrogen-bond donors (Lipinski definition) is 1. The van der Waals surface area contributed by atoms with Crippen molar-refractivity contribution in [2.24, 2.45) is 0 Å². The molecular weight excluding hydrogens is 406 g/mol. The average molecular weight is 417 g/mol. The molecule has 0 aliphatic carbocycles. The number of likely N-dealkylation sites (N-methyl/N-ethyl adjacent to an activating group) is 1. The van der Waals surface area contributed by atoms with Gasteiger partial charge in [0.15, 0.2) is 5.82 Å². The molecule has 1 heterocycles. The Morgan fingerprint density at radius 3 is 2.58 bits per heavy atom. The molecule has 1 amide bonds. The molecule has 1 N–H and O–H groups in total. The van der Waals surface area contributed by atoms with Gasteiger partial charge >= 0.3 is 0 Å². The lowest BCUT2D eigenvalue weighted by Crippen LogP contribution is -2.20. The number of hydrogen-bond acceptors (Lipinski definition) is 3. The third-order valence-corrected chi connectivity index (χ3v) is 5.65. The van der Waals surface area contributed by atoms with Crippen LogP contribution in [0.15, 0.2) is 39.7 Å². The van der Waals surface area contributed by atoms with Crippen molar-refractivity contribution in [1.82, 2.24) is 0 Å². The standard InChI is InChI=1S/C15H11BrF2N2O3S/c1-20-13-3-2-10(4-8(13)5-14(20)21)24(22,23)19-15-11(16)6-9(17)7-12(15)18/h2-4,6-7,19H,5H2,1H3. The van der Waals surface area contributed by atoms with Crippen LogP contribution in [-0.4, -0.2) is 21.4 Å². The zero-order valence-electron chi connectivity index (χ0n) is 12.3. The number of carbonyl (C=O) groups excluding carboxylic acids is 1. The smallest absolute Gasteiger partial charge is 0.262 e. The van der Waals surface area contributed by atoms with E-state index in [-0.39, 0.29) is 27.4 Å². The zero-order valence-corrected chi connectivity index (χ0v) is 14.7. The van der Waals surface area contributed by atoms with Gasteiger partial charge in [-0.2, -0.15) is 0 Å². The minimum absolute atomic E-state index is 0.0559. The lowest BCUT2D eigenvalue weighted by molar-refractivity contribution is -0.117. The van der Waals surface area contributed by atoms with E-state index in [1.54, 1.807) is 7.05 Å². The van der Waals surface area contributed by atoms with Crippen molar-refractivity contribution in [2.45, 2.75) is 11.3 Å². The molecule has 0 fully saturated rings. The van der Waals surface area contributed by atoms with Crippen molar-refractivity contribution in [3.8, 4) is 0 Å². The number of amides is 1. The Morgan fingerprint density at radius 2 is 1.92 bits per heavy atom. The highest BCUT2D eigenvalue weighted by Crippen LogP contribution is 2.32. The van der Waals surface area contributed by atoms with E-state index in [9.17, 15) is 22.0 Å². The summed E-state index contributed by atoms with van der Waals surface area (Å²) in [7, 11) is -2.50. The van der Waals surface area contributed by atoms with Crippen LogP contribution in [0, 0.1) is 11.6 Å². The van der Waals surface area contributed by atoms with Gasteiger partial charge in [0.25, 0.3) is 10.0 Å². The molecule has 0 radical (unpaired) electrons. The van der Waals surface area contributed by atoms with E-state index >= 15 is 0 Å². The molecule has 9 heteroatoms. The Hall–Kier alpha value is -2.00. The van der Waals surface area contributed by atoms with Gasteiger partial charge in [-0.3, -0.25) is 9.52 Å². The second kappa shape index (κ2) is 5.82. The fraction of sp³-hybridized carbons (Fsp3) is 0.133. The summed E-state index contributed by atoms with van der Waals surface area (Å²) in [6.45, 7) is 0. The molecule has 0 bridgehead atoms. The van der Waals surface area contributed by atoms with Gasteiger partial charge in [-0.1, -0.05) is 0 Å². The predicted octanol–water partition coefficient (Wildman–Crippen LogP) is 3.05. The van der Waals surface area contributed by atoms with Crippen LogP contribution in [-0.2, 0) is 21.2 Å². The third kappa shape index (κ3) is 2.89. The van der Waals surface area contributed by atoms with Crippen LogP contribution in [0.3, 0.4) is 0 Å². The molecule has 0 aromatic heterocycles. The van der Waals surface area contributed by atoms with Crippen molar-refractivity contribution >= 4 is 43.2 Å². The first kappa shape index (κ1) is 16.8. The fourth-order valence-electron chi connectivity index (χ4n) is 2.45. The van der Waals surface area contributed by atoms with E-state index < -0.39 is 21.7 Å². The van der Waals surface area contributed by atoms with E-state index in [0.717, 1.165) is 6.07 Å². The topological polar surface area (TPSA) is 66.5 Å². The van der Waals surface area contributed by atoms with Gasteiger partial charge < -0.3 is 4.90 Å². The summed E-state index contributed by atoms with van der Waals surface area (Å²) in [5.41, 5.74) is 0.821. The van der Waals surface area contributed by atoms with Gasteiger partial charge in [0, 0.05) is 23.3 Å². The fourth-order valence-corrected chi connectivity index (χ4v) is 4.22. The highest BCUT2D eigenvalue weighted by molar-refractivity contribution is 9.10. The number of halogens is 3. The Labute approximate surface area is 145 Å². The highest BCUT2D eigenvalue weighted by Gasteiger charge is 2.27. The Balaban J connectivity index is 1.99. The molecule has 5 nitrogen and oxygen atoms in total. The van der Waals surface area contributed by atoms with E-state index in [2.05, 4.69) is 20.7 Å². The molecule has 0 saturated carbocycles. The van der Waals surface area contributed by atoms with Crippen molar-refractivity contribution < 1.29 is 22.0 Å². The van der Waals surface area contributed by atoms with E-state index in [4.69, 9.17) is 0 Å². The molecule has 2 aromatic rings. The number of sulfonamides is 1. The van der Waals surface area contributed by atoms with Crippen molar-refractivity contribution in [1.29, 1.82) is 0 Å². The van der Waals surface area contributed by atoms with Crippen LogP contribution in [0.25, 0.3) is 0 Å². The zero-order chi connectivity index (χ0) is 17.6. The summed E-state index contributed by atoms with van der Waals surface area (Å²) >= 11 is 2.93. The van der Waals surface area contributed by atoms with Crippen molar-refractivity contribution in [3.63, 3.8) is 0 Å². The van der Waals surface area contributed by atoms with Crippen LogP contribution in [0.2, 0.25) is 0 Å².